The quantitative estimate of drug-likeness (QED) is 0.508. The van der Waals surface area contributed by atoms with Crippen LogP contribution in [0.25, 0.3) is 0 Å². The monoisotopic (exact) mass is 256 g/mol. The fourth-order valence-corrected chi connectivity index (χ4v) is 2.69. The normalized spacial score (nSPS) is 34.1. The molecule has 4 nitrogen and oxygen atoms in total. The highest BCUT2D eigenvalue weighted by Crippen LogP contribution is 2.17. The van der Waals surface area contributed by atoms with Gasteiger partial charge in [0.05, 0.1) is 12.1 Å². The van der Waals surface area contributed by atoms with Gasteiger partial charge in [-0.25, -0.2) is 0 Å². The SMILES string of the molecule is CC1CC(C2=CNC(=S)NC2C)NC(=S)N1. The van der Waals surface area contributed by atoms with Crippen LogP contribution in [0.1, 0.15) is 20.3 Å². The molecule has 0 aliphatic carbocycles. The summed E-state index contributed by atoms with van der Waals surface area (Å²) in [5.74, 6) is 0. The summed E-state index contributed by atoms with van der Waals surface area (Å²) in [6, 6.07) is 0.932. The first-order valence-corrected chi connectivity index (χ1v) is 6.22. The van der Waals surface area contributed by atoms with Gasteiger partial charge < -0.3 is 21.3 Å². The lowest BCUT2D eigenvalue weighted by molar-refractivity contribution is 0.458. The average Bonchev–Trinajstić information content (AvgIpc) is 2.15. The zero-order valence-corrected chi connectivity index (χ0v) is 11.0. The van der Waals surface area contributed by atoms with Crippen molar-refractivity contribution in [2.45, 2.75) is 38.4 Å². The fourth-order valence-electron chi connectivity index (χ4n) is 2.11. The Morgan fingerprint density at radius 3 is 2.50 bits per heavy atom. The molecule has 0 saturated carbocycles. The van der Waals surface area contributed by atoms with E-state index in [4.69, 9.17) is 24.4 Å². The third-order valence-electron chi connectivity index (χ3n) is 2.89. The molecule has 0 aromatic heterocycles. The predicted octanol–water partition coefficient (Wildman–Crippen LogP) is 0.361. The minimum Gasteiger partial charge on any atom is -0.360 e. The molecule has 0 aromatic rings. The summed E-state index contributed by atoms with van der Waals surface area (Å²) in [5, 5.41) is 14.1. The van der Waals surface area contributed by atoms with Crippen molar-refractivity contribution in [3.63, 3.8) is 0 Å². The van der Waals surface area contributed by atoms with E-state index in [0.29, 0.717) is 11.2 Å². The van der Waals surface area contributed by atoms with Crippen molar-refractivity contribution in [2.24, 2.45) is 0 Å². The van der Waals surface area contributed by atoms with E-state index in [1.54, 1.807) is 0 Å². The number of rotatable bonds is 1. The maximum Gasteiger partial charge on any atom is 0.170 e. The van der Waals surface area contributed by atoms with E-state index in [1.807, 2.05) is 6.20 Å². The first-order chi connectivity index (χ1) is 7.56. The Kier molecular flexibility index (Phi) is 3.30. The van der Waals surface area contributed by atoms with E-state index < -0.39 is 0 Å². The Morgan fingerprint density at radius 1 is 1.12 bits per heavy atom. The van der Waals surface area contributed by atoms with Gasteiger partial charge in [0.1, 0.15) is 0 Å². The van der Waals surface area contributed by atoms with Crippen LogP contribution in [0, 0.1) is 0 Å². The molecule has 88 valence electrons. The maximum absolute atomic E-state index is 5.17. The summed E-state index contributed by atoms with van der Waals surface area (Å²) in [6.07, 6.45) is 3.01. The molecule has 0 aromatic carbocycles. The van der Waals surface area contributed by atoms with Gasteiger partial charge in [0.15, 0.2) is 10.2 Å². The molecule has 2 heterocycles. The van der Waals surface area contributed by atoms with E-state index in [0.717, 1.165) is 11.5 Å². The molecule has 2 rings (SSSR count). The highest BCUT2D eigenvalue weighted by atomic mass is 32.1. The smallest absolute Gasteiger partial charge is 0.170 e. The van der Waals surface area contributed by atoms with Gasteiger partial charge in [-0.2, -0.15) is 0 Å². The Morgan fingerprint density at radius 2 is 1.88 bits per heavy atom. The second kappa shape index (κ2) is 4.55. The Hall–Kier alpha value is -0.880. The predicted molar refractivity (Wildman–Crippen MR) is 73.2 cm³/mol. The third-order valence-corrected chi connectivity index (χ3v) is 3.36. The van der Waals surface area contributed by atoms with Crippen molar-refractivity contribution >= 4 is 34.7 Å². The van der Waals surface area contributed by atoms with Crippen molar-refractivity contribution in [3.8, 4) is 0 Å². The molecule has 1 fully saturated rings. The summed E-state index contributed by atoms with van der Waals surface area (Å²) in [7, 11) is 0. The standard InChI is InChI=1S/C10H16N4S2/c1-5-3-8(14-10(16)12-5)7-4-11-9(15)13-6(7)2/h4-6,8H,3H2,1-2H3,(H2,11,13,15)(H2,12,14,16). The Bertz CT molecular complexity index is 353. The summed E-state index contributed by atoms with van der Waals surface area (Å²) in [4.78, 5) is 0. The van der Waals surface area contributed by atoms with Crippen LogP contribution < -0.4 is 21.3 Å². The molecular weight excluding hydrogens is 240 g/mol. The van der Waals surface area contributed by atoms with Crippen molar-refractivity contribution in [3.05, 3.63) is 11.8 Å². The lowest BCUT2D eigenvalue weighted by atomic mass is 9.93. The number of hydrogen-bond acceptors (Lipinski definition) is 2. The van der Waals surface area contributed by atoms with Crippen LogP contribution in [0.2, 0.25) is 0 Å². The van der Waals surface area contributed by atoms with Crippen molar-refractivity contribution in [2.75, 3.05) is 0 Å². The van der Waals surface area contributed by atoms with Gasteiger partial charge in [0.25, 0.3) is 0 Å². The minimum absolute atomic E-state index is 0.249. The molecule has 0 amide bonds. The van der Waals surface area contributed by atoms with Crippen molar-refractivity contribution < 1.29 is 0 Å². The molecule has 6 heteroatoms. The third kappa shape index (κ3) is 2.44. The van der Waals surface area contributed by atoms with Gasteiger partial charge in [-0.3, -0.25) is 0 Å². The van der Waals surface area contributed by atoms with E-state index in [2.05, 4.69) is 35.1 Å². The van der Waals surface area contributed by atoms with Crippen molar-refractivity contribution in [1.29, 1.82) is 0 Å². The number of nitrogens with one attached hydrogen (secondary N) is 4. The average molecular weight is 256 g/mol. The topological polar surface area (TPSA) is 48.1 Å². The molecule has 3 atom stereocenters. The first-order valence-electron chi connectivity index (χ1n) is 5.40. The molecule has 4 N–H and O–H groups in total. The van der Waals surface area contributed by atoms with Gasteiger partial charge in [-0.05, 0) is 50.3 Å². The molecule has 0 radical (unpaired) electrons. The zero-order chi connectivity index (χ0) is 11.7. The molecule has 0 spiro atoms. The van der Waals surface area contributed by atoms with Crippen LogP contribution in [0.15, 0.2) is 11.8 Å². The summed E-state index contributed by atoms with van der Waals surface area (Å²) < 4.78 is 0. The minimum atomic E-state index is 0.249. The molecule has 16 heavy (non-hydrogen) atoms. The Labute approximate surface area is 106 Å². The summed E-state index contributed by atoms with van der Waals surface area (Å²) in [5.41, 5.74) is 1.27. The maximum atomic E-state index is 5.17. The molecular formula is C10H16N4S2. The van der Waals surface area contributed by atoms with E-state index in [-0.39, 0.29) is 12.1 Å². The lowest BCUT2D eigenvalue weighted by Crippen LogP contribution is -2.57. The van der Waals surface area contributed by atoms with Crippen LogP contribution in [-0.2, 0) is 0 Å². The van der Waals surface area contributed by atoms with E-state index in [9.17, 15) is 0 Å². The van der Waals surface area contributed by atoms with Gasteiger partial charge >= 0.3 is 0 Å². The Balaban J connectivity index is 2.12. The van der Waals surface area contributed by atoms with Gasteiger partial charge in [0.2, 0.25) is 0 Å². The van der Waals surface area contributed by atoms with Gasteiger partial charge in [0, 0.05) is 12.2 Å². The number of thiocarbonyl (C=S) groups is 2. The van der Waals surface area contributed by atoms with Crippen molar-refractivity contribution in [1.82, 2.24) is 21.3 Å². The second-order valence-electron chi connectivity index (χ2n) is 4.29. The van der Waals surface area contributed by atoms with E-state index in [1.165, 1.54) is 5.57 Å². The van der Waals surface area contributed by atoms with Gasteiger partial charge in [-0.15, -0.1) is 0 Å². The van der Waals surface area contributed by atoms with Gasteiger partial charge in [-0.1, -0.05) is 0 Å². The molecule has 2 aliphatic rings. The van der Waals surface area contributed by atoms with E-state index >= 15 is 0 Å². The lowest BCUT2D eigenvalue weighted by Gasteiger charge is -2.36. The summed E-state index contributed by atoms with van der Waals surface area (Å²) >= 11 is 10.2. The van der Waals surface area contributed by atoms with Crippen LogP contribution in [0.4, 0.5) is 0 Å². The fraction of sp³-hybridized carbons (Fsp3) is 0.600. The highest BCUT2D eigenvalue weighted by Gasteiger charge is 2.28. The molecule has 0 bridgehead atoms. The van der Waals surface area contributed by atoms with Crippen LogP contribution in [0.5, 0.6) is 0 Å². The van der Waals surface area contributed by atoms with Crippen LogP contribution >= 0.6 is 24.4 Å². The highest BCUT2D eigenvalue weighted by molar-refractivity contribution is 7.80. The molecule has 1 saturated heterocycles. The molecule has 2 aliphatic heterocycles. The summed E-state index contributed by atoms with van der Waals surface area (Å²) in [6.45, 7) is 4.25. The molecule has 3 unspecified atom stereocenters. The largest absolute Gasteiger partial charge is 0.360 e. The second-order valence-corrected chi connectivity index (χ2v) is 5.11. The van der Waals surface area contributed by atoms with Crippen LogP contribution in [0.3, 0.4) is 0 Å². The number of hydrogen-bond donors (Lipinski definition) is 4. The first kappa shape index (κ1) is 11.6. The zero-order valence-electron chi connectivity index (χ0n) is 9.33. The van der Waals surface area contributed by atoms with Crippen LogP contribution in [-0.4, -0.2) is 28.4 Å².